The largest absolute Gasteiger partial charge is 0.367 e. The summed E-state index contributed by atoms with van der Waals surface area (Å²) >= 11 is 3.18. The first kappa shape index (κ1) is 14.4. The topological polar surface area (TPSA) is 50.9 Å². The van der Waals surface area contributed by atoms with Crippen LogP contribution in [0.1, 0.15) is 26.2 Å². The van der Waals surface area contributed by atoms with E-state index in [1.54, 1.807) is 6.20 Å². The average Bonchev–Trinajstić information content (AvgIpc) is 2.28. The molecule has 1 aromatic heterocycles. The van der Waals surface area contributed by atoms with E-state index in [2.05, 4.69) is 33.2 Å². The summed E-state index contributed by atoms with van der Waals surface area (Å²) in [4.78, 5) is 4.01. The molecule has 1 rings (SSSR count). The predicted octanol–water partition coefficient (Wildman–Crippen LogP) is 3.16. The number of hydrogen-bond donors (Lipinski definition) is 2. The van der Waals surface area contributed by atoms with Gasteiger partial charge < -0.3 is 11.1 Å². The maximum atomic E-state index is 13.5. The van der Waals surface area contributed by atoms with Gasteiger partial charge in [-0.1, -0.05) is 13.3 Å². The molecule has 1 atom stereocenters. The minimum Gasteiger partial charge on any atom is -0.367 e. The monoisotopic (exact) mass is 303 g/mol. The molecule has 1 heterocycles. The summed E-state index contributed by atoms with van der Waals surface area (Å²) in [7, 11) is 0. The van der Waals surface area contributed by atoms with Crippen LogP contribution in [0, 0.1) is 11.7 Å². The molecule has 17 heavy (non-hydrogen) atoms. The predicted molar refractivity (Wildman–Crippen MR) is 72.5 cm³/mol. The van der Waals surface area contributed by atoms with Crippen LogP contribution in [0.4, 0.5) is 10.2 Å². The first-order valence-corrected chi connectivity index (χ1v) is 6.71. The van der Waals surface area contributed by atoms with Gasteiger partial charge in [0.15, 0.2) is 11.6 Å². The van der Waals surface area contributed by atoms with E-state index >= 15 is 0 Å². The summed E-state index contributed by atoms with van der Waals surface area (Å²) in [6, 6.07) is 1.41. The highest BCUT2D eigenvalue weighted by atomic mass is 79.9. The van der Waals surface area contributed by atoms with Gasteiger partial charge in [-0.15, -0.1) is 0 Å². The lowest BCUT2D eigenvalue weighted by Crippen LogP contribution is -2.19. The molecular weight excluding hydrogens is 285 g/mol. The summed E-state index contributed by atoms with van der Waals surface area (Å²) in [5, 5.41) is 3.05. The number of nitrogens with one attached hydrogen (secondary N) is 1. The van der Waals surface area contributed by atoms with Crippen LogP contribution in [-0.4, -0.2) is 18.1 Å². The number of nitrogens with zero attached hydrogens (tertiary/aromatic N) is 1. The molecule has 0 amide bonds. The van der Waals surface area contributed by atoms with E-state index in [1.165, 1.54) is 6.07 Å². The first-order chi connectivity index (χ1) is 8.17. The number of aromatic nitrogens is 1. The van der Waals surface area contributed by atoms with Crippen LogP contribution in [0.15, 0.2) is 16.7 Å². The Bertz CT molecular complexity index is 341. The molecule has 0 aliphatic heterocycles. The van der Waals surface area contributed by atoms with E-state index in [0.29, 0.717) is 22.8 Å². The van der Waals surface area contributed by atoms with Crippen molar-refractivity contribution in [2.75, 3.05) is 18.4 Å². The van der Waals surface area contributed by atoms with Gasteiger partial charge in [0, 0.05) is 17.2 Å². The van der Waals surface area contributed by atoms with Crippen LogP contribution in [0.25, 0.3) is 0 Å². The number of rotatable bonds is 7. The summed E-state index contributed by atoms with van der Waals surface area (Å²) in [5.74, 6) is 0.462. The summed E-state index contributed by atoms with van der Waals surface area (Å²) < 4.78 is 14.1. The minimum atomic E-state index is -0.331. The zero-order valence-electron chi connectivity index (χ0n) is 10.0. The van der Waals surface area contributed by atoms with Gasteiger partial charge in [0.25, 0.3) is 0 Å². The van der Waals surface area contributed by atoms with Crippen LogP contribution in [0.5, 0.6) is 0 Å². The van der Waals surface area contributed by atoms with Crippen molar-refractivity contribution in [3.63, 3.8) is 0 Å². The van der Waals surface area contributed by atoms with Gasteiger partial charge >= 0.3 is 0 Å². The fraction of sp³-hybridized carbons (Fsp3) is 0.583. The number of anilines is 1. The fourth-order valence-corrected chi connectivity index (χ4v) is 2.08. The van der Waals surface area contributed by atoms with E-state index in [0.717, 1.165) is 25.8 Å². The zero-order valence-corrected chi connectivity index (χ0v) is 11.6. The summed E-state index contributed by atoms with van der Waals surface area (Å²) in [5.41, 5.74) is 5.55. The van der Waals surface area contributed by atoms with Gasteiger partial charge in [-0.2, -0.15) is 0 Å². The molecule has 0 bridgehead atoms. The lowest BCUT2D eigenvalue weighted by Gasteiger charge is -2.16. The van der Waals surface area contributed by atoms with Crippen molar-refractivity contribution in [1.82, 2.24) is 4.98 Å². The maximum Gasteiger partial charge on any atom is 0.166 e. The molecule has 0 radical (unpaired) electrons. The number of nitrogens with two attached hydrogens (primary N) is 1. The van der Waals surface area contributed by atoms with E-state index < -0.39 is 0 Å². The highest BCUT2D eigenvalue weighted by molar-refractivity contribution is 9.10. The van der Waals surface area contributed by atoms with Gasteiger partial charge in [0.05, 0.1) is 0 Å². The molecule has 3 N–H and O–H groups in total. The molecule has 0 saturated carbocycles. The second-order valence-electron chi connectivity index (χ2n) is 4.10. The van der Waals surface area contributed by atoms with E-state index in [1.807, 2.05) is 0 Å². The smallest absolute Gasteiger partial charge is 0.166 e. The number of hydrogen-bond acceptors (Lipinski definition) is 3. The molecule has 0 aliphatic carbocycles. The molecule has 1 aromatic rings. The van der Waals surface area contributed by atoms with Crippen molar-refractivity contribution >= 4 is 21.7 Å². The van der Waals surface area contributed by atoms with Gasteiger partial charge in [-0.25, -0.2) is 9.37 Å². The van der Waals surface area contributed by atoms with Crippen LogP contribution >= 0.6 is 15.9 Å². The highest BCUT2D eigenvalue weighted by Gasteiger charge is 2.09. The van der Waals surface area contributed by atoms with E-state index in [-0.39, 0.29) is 5.82 Å². The normalized spacial score (nSPS) is 12.5. The molecule has 1 unspecified atom stereocenters. The lowest BCUT2D eigenvalue weighted by molar-refractivity contribution is 0.471. The summed E-state index contributed by atoms with van der Waals surface area (Å²) in [6.45, 7) is 3.53. The van der Waals surface area contributed by atoms with Gasteiger partial charge in [-0.3, -0.25) is 0 Å². The summed E-state index contributed by atoms with van der Waals surface area (Å²) in [6.07, 6.45) is 4.76. The van der Waals surface area contributed by atoms with Crippen LogP contribution in [0.3, 0.4) is 0 Å². The molecule has 0 aromatic carbocycles. The lowest BCUT2D eigenvalue weighted by atomic mass is 10.00. The maximum absolute atomic E-state index is 13.5. The van der Waals surface area contributed by atoms with Crippen LogP contribution in [0.2, 0.25) is 0 Å². The molecule has 0 saturated heterocycles. The molecule has 3 nitrogen and oxygen atoms in total. The second kappa shape index (κ2) is 7.61. The quantitative estimate of drug-likeness (QED) is 0.813. The zero-order chi connectivity index (χ0) is 12.7. The molecule has 0 spiro atoms. The van der Waals surface area contributed by atoms with Crippen LogP contribution < -0.4 is 11.1 Å². The Balaban J connectivity index is 2.52. The molecule has 0 aliphatic rings. The van der Waals surface area contributed by atoms with Gasteiger partial charge in [0.1, 0.15) is 0 Å². The van der Waals surface area contributed by atoms with Crippen molar-refractivity contribution in [1.29, 1.82) is 0 Å². The molecule has 0 fully saturated rings. The third-order valence-electron chi connectivity index (χ3n) is 2.64. The second-order valence-corrected chi connectivity index (χ2v) is 5.01. The number of halogens is 2. The first-order valence-electron chi connectivity index (χ1n) is 5.92. The standard InChI is InChI=1S/C12H19BrFN3/c1-2-3-9(4-5-15)7-16-12-11(14)6-10(13)8-17-12/h6,8-9H,2-5,7,15H2,1H3,(H,16,17). The number of pyridine rings is 1. The Morgan fingerprint density at radius 3 is 2.88 bits per heavy atom. The van der Waals surface area contributed by atoms with Crippen molar-refractivity contribution in [2.45, 2.75) is 26.2 Å². The van der Waals surface area contributed by atoms with Crippen molar-refractivity contribution in [3.05, 3.63) is 22.6 Å². The molecule has 5 heteroatoms. The SMILES string of the molecule is CCCC(CCN)CNc1ncc(Br)cc1F. The Morgan fingerprint density at radius 2 is 2.29 bits per heavy atom. The molecule has 96 valence electrons. The third kappa shape index (κ3) is 5.00. The highest BCUT2D eigenvalue weighted by Crippen LogP contribution is 2.17. The Morgan fingerprint density at radius 1 is 1.53 bits per heavy atom. The Labute approximate surface area is 110 Å². The average molecular weight is 304 g/mol. The van der Waals surface area contributed by atoms with E-state index in [9.17, 15) is 4.39 Å². The minimum absolute atomic E-state index is 0.311. The van der Waals surface area contributed by atoms with Crippen LogP contribution in [-0.2, 0) is 0 Å². The third-order valence-corrected chi connectivity index (χ3v) is 3.07. The van der Waals surface area contributed by atoms with Gasteiger partial charge in [-0.05, 0) is 47.3 Å². The van der Waals surface area contributed by atoms with Gasteiger partial charge in [0.2, 0.25) is 0 Å². The Kier molecular flexibility index (Phi) is 6.44. The Hall–Kier alpha value is -0.680. The van der Waals surface area contributed by atoms with E-state index in [4.69, 9.17) is 5.73 Å². The fourth-order valence-electron chi connectivity index (χ4n) is 1.78. The van der Waals surface area contributed by atoms with Crippen molar-refractivity contribution < 1.29 is 4.39 Å². The van der Waals surface area contributed by atoms with Crippen molar-refractivity contribution in [3.8, 4) is 0 Å². The molecular formula is C12H19BrFN3. The van der Waals surface area contributed by atoms with Crippen molar-refractivity contribution in [2.24, 2.45) is 11.7 Å².